The zero-order valence-electron chi connectivity index (χ0n) is 22.5. The van der Waals surface area contributed by atoms with Gasteiger partial charge in [-0.05, 0) is 41.6 Å². The van der Waals surface area contributed by atoms with Gasteiger partial charge in [-0.15, -0.1) is 0 Å². The van der Waals surface area contributed by atoms with Crippen LogP contribution in [0.5, 0.6) is 0 Å². The van der Waals surface area contributed by atoms with Crippen molar-refractivity contribution in [2.45, 2.75) is 43.2 Å². The Kier molecular flexibility index (Phi) is 9.05. The summed E-state index contributed by atoms with van der Waals surface area (Å²) in [6, 6.07) is 19.6. The SMILES string of the molecule is CC.CN1/C(=C2/SC(=Nc3ccc(C(O)(C(F)(F)F)C(F)(F)F)cc3)N(Cc3ccccc3)C2=O)Sc2ccccc21. The van der Waals surface area contributed by atoms with Gasteiger partial charge in [-0.1, -0.05) is 80.2 Å². The van der Waals surface area contributed by atoms with Gasteiger partial charge < -0.3 is 10.0 Å². The number of fused-ring (bicyclic) bond motifs is 1. The Labute approximate surface area is 246 Å². The smallest absolute Gasteiger partial charge is 0.369 e. The van der Waals surface area contributed by atoms with E-state index in [1.54, 1.807) is 12.1 Å². The van der Waals surface area contributed by atoms with E-state index in [1.807, 2.05) is 68.3 Å². The van der Waals surface area contributed by atoms with E-state index >= 15 is 0 Å². The van der Waals surface area contributed by atoms with E-state index in [9.17, 15) is 36.2 Å². The van der Waals surface area contributed by atoms with E-state index in [1.165, 1.54) is 16.7 Å². The molecule has 5 nitrogen and oxygen atoms in total. The summed E-state index contributed by atoms with van der Waals surface area (Å²) in [6.07, 6.45) is -12.0. The molecule has 13 heteroatoms. The molecule has 0 atom stereocenters. The van der Waals surface area contributed by atoms with Crippen LogP contribution in [0.4, 0.5) is 37.7 Å². The van der Waals surface area contributed by atoms with Crippen molar-refractivity contribution in [3.63, 3.8) is 0 Å². The Balaban J connectivity index is 0.00000198. The first-order chi connectivity index (χ1) is 19.8. The highest BCUT2D eigenvalue weighted by atomic mass is 32.2. The summed E-state index contributed by atoms with van der Waals surface area (Å²) in [7, 11) is 1.83. The lowest BCUT2D eigenvalue weighted by Crippen LogP contribution is -2.53. The second-order valence-electron chi connectivity index (χ2n) is 8.89. The van der Waals surface area contributed by atoms with Crippen molar-refractivity contribution in [2.75, 3.05) is 11.9 Å². The van der Waals surface area contributed by atoms with Crippen molar-refractivity contribution in [3.05, 3.63) is 99.9 Å². The van der Waals surface area contributed by atoms with Crippen LogP contribution in [0.1, 0.15) is 25.0 Å². The fraction of sp³-hybridized carbons (Fsp3) is 0.241. The van der Waals surface area contributed by atoms with Crippen molar-refractivity contribution >= 4 is 46.0 Å². The molecule has 3 aromatic carbocycles. The number of amides is 1. The summed E-state index contributed by atoms with van der Waals surface area (Å²) in [6.45, 7) is 4.14. The van der Waals surface area contributed by atoms with Crippen LogP contribution >= 0.6 is 23.5 Å². The molecule has 1 fully saturated rings. The van der Waals surface area contributed by atoms with Crippen LogP contribution in [-0.4, -0.2) is 40.5 Å². The van der Waals surface area contributed by atoms with Gasteiger partial charge >= 0.3 is 12.4 Å². The minimum Gasteiger partial charge on any atom is -0.369 e. The molecule has 0 saturated carbocycles. The zero-order valence-corrected chi connectivity index (χ0v) is 24.1. The molecule has 1 N–H and O–H groups in total. The number of rotatable bonds is 4. The fourth-order valence-corrected chi connectivity index (χ4v) is 6.54. The van der Waals surface area contributed by atoms with Crippen LogP contribution in [0.25, 0.3) is 0 Å². The molecule has 2 heterocycles. The third-order valence-electron chi connectivity index (χ3n) is 6.31. The van der Waals surface area contributed by atoms with Gasteiger partial charge in [-0.2, -0.15) is 26.3 Å². The molecule has 1 amide bonds. The molecule has 2 aliphatic rings. The van der Waals surface area contributed by atoms with Crippen LogP contribution < -0.4 is 4.90 Å². The number of thioether (sulfide) groups is 2. The zero-order chi connectivity index (χ0) is 30.9. The molecule has 0 bridgehead atoms. The van der Waals surface area contributed by atoms with E-state index in [0.717, 1.165) is 40.0 Å². The summed E-state index contributed by atoms with van der Waals surface area (Å²) in [5, 5.41) is 10.6. The Morgan fingerprint density at radius 3 is 1.95 bits per heavy atom. The Bertz CT molecular complexity index is 1490. The highest BCUT2D eigenvalue weighted by molar-refractivity contribution is 8.19. The number of hydrogen-bond donors (Lipinski definition) is 1. The lowest BCUT2D eigenvalue weighted by Gasteiger charge is -2.32. The molecule has 0 radical (unpaired) electrons. The monoisotopic (exact) mass is 625 g/mol. The number of nitrogens with zero attached hydrogens (tertiary/aromatic N) is 3. The maximum Gasteiger partial charge on any atom is 0.430 e. The Hall–Kier alpha value is -3.42. The number of carbonyl (C=O) groups is 1. The van der Waals surface area contributed by atoms with Gasteiger partial charge in [0.05, 0.1) is 22.9 Å². The summed E-state index contributed by atoms with van der Waals surface area (Å²) >= 11 is 2.48. The number of para-hydroxylation sites is 1. The lowest BCUT2D eigenvalue weighted by molar-refractivity contribution is -0.376. The molecule has 3 aromatic rings. The van der Waals surface area contributed by atoms with Gasteiger partial charge in [0.25, 0.3) is 11.5 Å². The maximum absolute atomic E-state index is 13.6. The number of halogens is 6. The third-order valence-corrected chi connectivity index (χ3v) is 8.74. The quantitative estimate of drug-likeness (QED) is 0.234. The summed E-state index contributed by atoms with van der Waals surface area (Å²) in [5.74, 6) is -0.338. The number of hydrogen-bond acceptors (Lipinski definition) is 6. The Morgan fingerprint density at radius 2 is 1.38 bits per heavy atom. The molecule has 5 rings (SSSR count). The van der Waals surface area contributed by atoms with E-state index in [0.29, 0.717) is 22.1 Å². The van der Waals surface area contributed by atoms with Gasteiger partial charge in [-0.3, -0.25) is 9.69 Å². The van der Waals surface area contributed by atoms with Gasteiger partial charge in [0.1, 0.15) is 4.91 Å². The highest BCUT2D eigenvalue weighted by Crippen LogP contribution is 2.51. The molecule has 0 aliphatic carbocycles. The molecule has 1 saturated heterocycles. The minimum absolute atomic E-state index is 0.00535. The van der Waals surface area contributed by atoms with E-state index < -0.39 is 23.5 Å². The van der Waals surface area contributed by atoms with Crippen LogP contribution in [0, 0.1) is 0 Å². The number of anilines is 1. The van der Waals surface area contributed by atoms with Crippen LogP contribution in [-0.2, 0) is 16.9 Å². The van der Waals surface area contributed by atoms with Crippen LogP contribution in [0.15, 0.2) is 98.7 Å². The number of aliphatic hydroxyl groups is 1. The second kappa shape index (κ2) is 12.1. The van der Waals surface area contributed by atoms with Gasteiger partial charge in [0, 0.05) is 17.5 Å². The van der Waals surface area contributed by atoms with Crippen LogP contribution in [0.3, 0.4) is 0 Å². The lowest BCUT2D eigenvalue weighted by atomic mass is 9.92. The largest absolute Gasteiger partial charge is 0.430 e. The van der Waals surface area contributed by atoms with Crippen molar-refractivity contribution in [1.82, 2.24) is 4.90 Å². The topological polar surface area (TPSA) is 56.1 Å². The van der Waals surface area contributed by atoms with Gasteiger partial charge in [0.2, 0.25) is 0 Å². The average molecular weight is 626 g/mol. The minimum atomic E-state index is -6.00. The average Bonchev–Trinajstić information content (AvgIpc) is 3.45. The van der Waals surface area contributed by atoms with E-state index in [4.69, 9.17) is 0 Å². The fourth-order valence-electron chi connectivity index (χ4n) is 4.20. The predicted octanol–water partition coefficient (Wildman–Crippen LogP) is 8.20. The molecular formula is C29H25F6N3O2S2. The van der Waals surface area contributed by atoms with Gasteiger partial charge in [-0.25, -0.2) is 4.99 Å². The normalized spacial score (nSPS) is 18.3. The molecule has 0 unspecified atom stereocenters. The van der Waals surface area contributed by atoms with Gasteiger partial charge in [0.15, 0.2) is 5.17 Å². The molecule has 0 spiro atoms. The first-order valence-electron chi connectivity index (χ1n) is 12.6. The first kappa shape index (κ1) is 31.5. The third kappa shape index (κ3) is 5.77. The van der Waals surface area contributed by atoms with Crippen molar-refractivity contribution in [1.29, 1.82) is 0 Å². The number of alkyl halides is 6. The summed E-state index contributed by atoms with van der Waals surface area (Å²) in [5.41, 5.74) is -4.72. The number of benzene rings is 3. The van der Waals surface area contributed by atoms with Crippen LogP contribution in [0.2, 0.25) is 0 Å². The molecule has 2 aliphatic heterocycles. The number of amidine groups is 1. The summed E-state index contributed by atoms with van der Waals surface area (Å²) in [4.78, 5) is 22.7. The molecule has 0 aromatic heterocycles. The summed E-state index contributed by atoms with van der Waals surface area (Å²) < 4.78 is 79.7. The molecule has 222 valence electrons. The molecular weight excluding hydrogens is 600 g/mol. The predicted molar refractivity (Wildman–Crippen MR) is 153 cm³/mol. The first-order valence-corrected chi connectivity index (χ1v) is 14.3. The Morgan fingerprint density at radius 1 is 0.810 bits per heavy atom. The second-order valence-corrected chi connectivity index (χ2v) is 10.9. The number of aliphatic imine (C=N–C) groups is 1. The van der Waals surface area contributed by atoms with Crippen molar-refractivity contribution in [2.24, 2.45) is 4.99 Å². The highest BCUT2D eigenvalue weighted by Gasteiger charge is 2.71. The van der Waals surface area contributed by atoms with Crippen molar-refractivity contribution in [3.8, 4) is 0 Å². The van der Waals surface area contributed by atoms with Crippen molar-refractivity contribution < 1.29 is 36.2 Å². The number of carbonyl (C=O) groups excluding carboxylic acids is 1. The van der Waals surface area contributed by atoms with E-state index in [2.05, 4.69) is 4.99 Å². The van der Waals surface area contributed by atoms with E-state index in [-0.39, 0.29) is 23.3 Å². The standard InChI is InChI=1S/C27H19F6N3O2S2.C2H6/c1-35-19-9-5-6-10-20(19)39-23(35)21-22(37)36(15-16-7-3-2-4-8-16)24(40-21)34-18-13-11-17(12-14-18)25(38,26(28,29)30)27(31,32)33;1-2/h2-14,38H,15H2,1H3;1-2H3/b23-21-,34-24?;. The molecule has 42 heavy (non-hydrogen) atoms. The maximum atomic E-state index is 13.6.